The molecule has 1 aromatic carbocycles. The molecule has 0 saturated carbocycles. The predicted molar refractivity (Wildman–Crippen MR) is 71.8 cm³/mol. The quantitative estimate of drug-likeness (QED) is 0.772. The lowest BCUT2D eigenvalue weighted by molar-refractivity contribution is -0.117. The first kappa shape index (κ1) is 14.0. The smallest absolute Gasteiger partial charge is 0.240 e. The molecule has 0 atom stereocenters. The van der Waals surface area contributed by atoms with E-state index < -0.39 is 5.91 Å². The van der Waals surface area contributed by atoms with Gasteiger partial charge in [0.15, 0.2) is 0 Å². The van der Waals surface area contributed by atoms with Crippen LogP contribution in [0.1, 0.15) is 12.8 Å². The first-order valence-electron chi connectivity index (χ1n) is 6.24. The minimum Gasteiger partial charge on any atom is -0.494 e. The lowest BCUT2D eigenvalue weighted by atomic mass is 10.2. The second-order valence-corrected chi connectivity index (χ2v) is 4.04. The van der Waals surface area contributed by atoms with E-state index in [1.807, 2.05) is 31.2 Å². The van der Waals surface area contributed by atoms with E-state index in [1.165, 1.54) is 0 Å². The summed E-state index contributed by atoms with van der Waals surface area (Å²) < 4.78 is 10.5. The highest BCUT2D eigenvalue weighted by Gasteiger charge is 2.09. The van der Waals surface area contributed by atoms with Gasteiger partial charge in [-0.2, -0.15) is 4.98 Å². The molecule has 1 aromatic heterocycles. The van der Waals surface area contributed by atoms with Gasteiger partial charge in [-0.1, -0.05) is 17.3 Å². The monoisotopic (exact) mass is 276 g/mol. The second kappa shape index (κ2) is 6.67. The Bertz CT molecular complexity index is 583. The molecule has 0 radical (unpaired) electrons. The van der Waals surface area contributed by atoms with Gasteiger partial charge in [-0.3, -0.25) is 10.1 Å². The largest absolute Gasteiger partial charge is 0.494 e. The molecular formula is C13H16N4O3. The van der Waals surface area contributed by atoms with E-state index in [2.05, 4.69) is 15.5 Å². The Morgan fingerprint density at radius 3 is 3.10 bits per heavy atom. The third kappa shape index (κ3) is 3.79. The summed E-state index contributed by atoms with van der Waals surface area (Å²) in [7, 11) is 0. The fourth-order valence-electron chi connectivity index (χ4n) is 1.63. The van der Waals surface area contributed by atoms with Gasteiger partial charge in [0, 0.05) is 5.56 Å². The molecule has 0 aliphatic rings. The molecule has 0 saturated heterocycles. The Morgan fingerprint density at radius 2 is 2.35 bits per heavy atom. The number of nitrogens with zero attached hydrogens (tertiary/aromatic N) is 2. The van der Waals surface area contributed by atoms with Gasteiger partial charge >= 0.3 is 0 Å². The molecular weight excluding hydrogens is 260 g/mol. The Hall–Kier alpha value is -2.41. The number of hydrogen-bond acceptors (Lipinski definition) is 6. The average Bonchev–Trinajstić information content (AvgIpc) is 2.88. The summed E-state index contributed by atoms with van der Waals surface area (Å²) in [4.78, 5) is 14.8. The maximum atomic E-state index is 10.6. The van der Waals surface area contributed by atoms with E-state index in [-0.39, 0.29) is 6.54 Å². The average molecular weight is 276 g/mol. The zero-order valence-electron chi connectivity index (χ0n) is 11.1. The molecule has 3 N–H and O–H groups in total. The minimum absolute atomic E-state index is 0.0670. The van der Waals surface area contributed by atoms with Crippen LogP contribution < -0.4 is 15.8 Å². The van der Waals surface area contributed by atoms with Crippen molar-refractivity contribution in [2.45, 2.75) is 13.5 Å². The number of primary amides is 1. The van der Waals surface area contributed by atoms with Crippen molar-refractivity contribution in [2.75, 3.05) is 13.2 Å². The number of carbonyl (C=O) groups excluding carboxylic acids is 1. The van der Waals surface area contributed by atoms with Crippen LogP contribution in [-0.4, -0.2) is 29.2 Å². The van der Waals surface area contributed by atoms with E-state index in [0.717, 1.165) is 11.3 Å². The van der Waals surface area contributed by atoms with Crippen LogP contribution in [0, 0.1) is 0 Å². The number of hydrogen-bond donors (Lipinski definition) is 2. The molecule has 20 heavy (non-hydrogen) atoms. The Balaban J connectivity index is 2.04. The highest BCUT2D eigenvalue weighted by molar-refractivity contribution is 5.75. The fraction of sp³-hybridized carbons (Fsp3) is 0.308. The van der Waals surface area contributed by atoms with Crippen LogP contribution in [0.4, 0.5) is 0 Å². The Kier molecular flexibility index (Phi) is 4.67. The molecule has 106 valence electrons. The molecule has 2 aromatic rings. The van der Waals surface area contributed by atoms with Crippen molar-refractivity contribution in [3.8, 4) is 17.1 Å². The van der Waals surface area contributed by atoms with E-state index in [0.29, 0.717) is 24.9 Å². The summed E-state index contributed by atoms with van der Waals surface area (Å²) in [5.41, 5.74) is 5.82. The molecule has 1 heterocycles. The van der Waals surface area contributed by atoms with Crippen molar-refractivity contribution in [1.29, 1.82) is 0 Å². The lowest BCUT2D eigenvalue weighted by Gasteiger charge is -2.02. The van der Waals surface area contributed by atoms with Crippen LogP contribution in [-0.2, 0) is 11.3 Å². The molecule has 7 nitrogen and oxygen atoms in total. The molecule has 0 spiro atoms. The van der Waals surface area contributed by atoms with Gasteiger partial charge in [-0.15, -0.1) is 0 Å². The molecule has 0 aliphatic carbocycles. The summed E-state index contributed by atoms with van der Waals surface area (Å²) in [5, 5.41) is 6.69. The second-order valence-electron chi connectivity index (χ2n) is 4.04. The van der Waals surface area contributed by atoms with Crippen LogP contribution in [0.15, 0.2) is 28.8 Å². The summed E-state index contributed by atoms with van der Waals surface area (Å²) in [6, 6.07) is 7.44. The van der Waals surface area contributed by atoms with E-state index in [9.17, 15) is 4.79 Å². The van der Waals surface area contributed by atoms with Crippen LogP contribution in [0.2, 0.25) is 0 Å². The van der Waals surface area contributed by atoms with Crippen LogP contribution in [0.5, 0.6) is 5.75 Å². The highest BCUT2D eigenvalue weighted by Crippen LogP contribution is 2.21. The number of nitrogens with two attached hydrogens (primary N) is 1. The van der Waals surface area contributed by atoms with E-state index >= 15 is 0 Å². The van der Waals surface area contributed by atoms with Crippen molar-refractivity contribution >= 4 is 5.91 Å². The van der Waals surface area contributed by atoms with Gasteiger partial charge in [0.1, 0.15) is 5.75 Å². The third-order valence-electron chi connectivity index (χ3n) is 2.45. The Labute approximate surface area is 116 Å². The summed E-state index contributed by atoms with van der Waals surface area (Å²) >= 11 is 0. The topological polar surface area (TPSA) is 103 Å². The Morgan fingerprint density at radius 1 is 1.50 bits per heavy atom. The van der Waals surface area contributed by atoms with Gasteiger partial charge < -0.3 is 15.0 Å². The molecule has 0 unspecified atom stereocenters. The van der Waals surface area contributed by atoms with Gasteiger partial charge in [-0.05, 0) is 19.1 Å². The number of rotatable bonds is 7. The summed E-state index contributed by atoms with van der Waals surface area (Å²) in [6.07, 6.45) is 0. The number of aromatic nitrogens is 2. The number of carbonyl (C=O) groups is 1. The zero-order chi connectivity index (χ0) is 14.4. The van der Waals surface area contributed by atoms with Gasteiger partial charge in [0.2, 0.25) is 17.6 Å². The van der Waals surface area contributed by atoms with Gasteiger partial charge in [-0.25, -0.2) is 0 Å². The lowest BCUT2D eigenvalue weighted by Crippen LogP contribution is -2.28. The van der Waals surface area contributed by atoms with Gasteiger partial charge in [0.05, 0.1) is 19.7 Å². The number of nitrogens with one attached hydrogen (secondary N) is 1. The highest BCUT2D eigenvalue weighted by atomic mass is 16.5. The molecule has 7 heteroatoms. The zero-order valence-corrected chi connectivity index (χ0v) is 11.1. The molecule has 0 aliphatic heterocycles. The normalized spacial score (nSPS) is 10.4. The predicted octanol–water partition coefficient (Wildman–Crippen LogP) is 0.710. The first-order valence-corrected chi connectivity index (χ1v) is 6.24. The van der Waals surface area contributed by atoms with Crippen LogP contribution in [0.25, 0.3) is 11.4 Å². The van der Waals surface area contributed by atoms with Crippen molar-refractivity contribution in [1.82, 2.24) is 15.5 Å². The van der Waals surface area contributed by atoms with Crippen molar-refractivity contribution in [3.05, 3.63) is 30.2 Å². The summed E-state index contributed by atoms with van der Waals surface area (Å²) in [5.74, 6) is 1.18. The maximum Gasteiger partial charge on any atom is 0.240 e. The molecule has 0 fully saturated rings. The molecule has 2 rings (SSSR count). The number of amides is 1. The van der Waals surface area contributed by atoms with Crippen LogP contribution in [0.3, 0.4) is 0 Å². The molecule has 0 bridgehead atoms. The van der Waals surface area contributed by atoms with Crippen LogP contribution >= 0.6 is 0 Å². The van der Waals surface area contributed by atoms with E-state index in [1.54, 1.807) is 0 Å². The first-order chi connectivity index (χ1) is 9.69. The summed E-state index contributed by atoms with van der Waals surface area (Å²) in [6.45, 7) is 2.88. The molecule has 1 amide bonds. The minimum atomic E-state index is -0.436. The number of benzene rings is 1. The third-order valence-corrected chi connectivity index (χ3v) is 2.45. The van der Waals surface area contributed by atoms with Crippen molar-refractivity contribution in [3.63, 3.8) is 0 Å². The van der Waals surface area contributed by atoms with E-state index in [4.69, 9.17) is 15.0 Å². The standard InChI is InChI=1S/C13H16N4O3/c1-2-19-10-5-3-4-9(6-10)13-16-12(20-17-13)8-15-7-11(14)18/h3-6,15H,2,7-8H2,1H3,(H2,14,18). The van der Waals surface area contributed by atoms with Crippen molar-refractivity contribution < 1.29 is 14.1 Å². The fourth-order valence-corrected chi connectivity index (χ4v) is 1.63. The SMILES string of the molecule is CCOc1cccc(-c2noc(CNCC(N)=O)n2)c1. The van der Waals surface area contributed by atoms with Gasteiger partial charge in [0.25, 0.3) is 0 Å². The number of ether oxygens (including phenoxy) is 1. The maximum absolute atomic E-state index is 10.6. The van der Waals surface area contributed by atoms with Crippen molar-refractivity contribution in [2.24, 2.45) is 5.73 Å².